The van der Waals surface area contributed by atoms with Gasteiger partial charge in [-0.1, -0.05) is 29.8 Å². The maximum Gasteiger partial charge on any atom is 0.417 e. The van der Waals surface area contributed by atoms with Crippen LogP contribution in [0.1, 0.15) is 6.92 Å². The van der Waals surface area contributed by atoms with Gasteiger partial charge in [0.05, 0.1) is 10.7 Å². The summed E-state index contributed by atoms with van der Waals surface area (Å²) in [4.78, 5) is 22.7. The second kappa shape index (κ2) is 6.76. The highest BCUT2D eigenvalue weighted by Gasteiger charge is 2.08. The standard InChI is InChI=1S/C15H13ClN2O3/c1-10(19)17-14-8-7-11(9-13(14)16)18-15(20)21-12-5-3-2-4-6-12/h2-9H,1H3,(H,17,19)(H,18,20). The molecule has 2 N–H and O–H groups in total. The summed E-state index contributed by atoms with van der Waals surface area (Å²) in [5.74, 6) is 0.219. The first-order chi connectivity index (χ1) is 10.0. The molecule has 2 aromatic carbocycles. The highest BCUT2D eigenvalue weighted by molar-refractivity contribution is 6.34. The third-order valence-corrected chi connectivity index (χ3v) is 2.79. The number of anilines is 2. The van der Waals surface area contributed by atoms with E-state index in [1.54, 1.807) is 36.4 Å². The van der Waals surface area contributed by atoms with Gasteiger partial charge in [-0.3, -0.25) is 10.1 Å². The van der Waals surface area contributed by atoms with Crippen LogP contribution in [0.4, 0.5) is 16.2 Å². The number of hydrogen-bond donors (Lipinski definition) is 2. The van der Waals surface area contributed by atoms with Gasteiger partial charge in [0.2, 0.25) is 5.91 Å². The van der Waals surface area contributed by atoms with E-state index in [9.17, 15) is 9.59 Å². The number of carbonyl (C=O) groups excluding carboxylic acids is 2. The lowest BCUT2D eigenvalue weighted by Crippen LogP contribution is -2.16. The molecular weight excluding hydrogens is 292 g/mol. The first-order valence-electron chi connectivity index (χ1n) is 6.15. The molecule has 0 radical (unpaired) electrons. The van der Waals surface area contributed by atoms with Gasteiger partial charge in [0.15, 0.2) is 0 Å². The van der Waals surface area contributed by atoms with E-state index in [4.69, 9.17) is 16.3 Å². The predicted molar refractivity (Wildman–Crippen MR) is 81.8 cm³/mol. The van der Waals surface area contributed by atoms with Crippen molar-refractivity contribution in [2.75, 3.05) is 10.6 Å². The molecule has 2 rings (SSSR count). The number of nitrogens with one attached hydrogen (secondary N) is 2. The second-order valence-corrected chi connectivity index (χ2v) is 4.61. The van der Waals surface area contributed by atoms with Crippen LogP contribution in [0, 0.1) is 0 Å². The van der Waals surface area contributed by atoms with Crippen molar-refractivity contribution >= 4 is 35.0 Å². The fraction of sp³-hybridized carbons (Fsp3) is 0.0667. The monoisotopic (exact) mass is 304 g/mol. The summed E-state index contributed by atoms with van der Waals surface area (Å²) >= 11 is 6.01. The Balaban J connectivity index is 2.01. The normalized spacial score (nSPS) is 9.81. The molecule has 2 aromatic rings. The lowest BCUT2D eigenvalue weighted by atomic mass is 10.2. The molecule has 0 atom stereocenters. The van der Waals surface area contributed by atoms with Crippen LogP contribution in [-0.4, -0.2) is 12.0 Å². The minimum Gasteiger partial charge on any atom is -0.410 e. The highest BCUT2D eigenvalue weighted by Crippen LogP contribution is 2.25. The van der Waals surface area contributed by atoms with E-state index >= 15 is 0 Å². The molecule has 5 nitrogen and oxygen atoms in total. The Hall–Kier alpha value is -2.53. The summed E-state index contributed by atoms with van der Waals surface area (Å²) in [5, 5.41) is 5.45. The quantitative estimate of drug-likeness (QED) is 0.903. The van der Waals surface area contributed by atoms with E-state index < -0.39 is 6.09 Å². The molecule has 0 aliphatic carbocycles. The fourth-order valence-corrected chi connectivity index (χ4v) is 1.85. The molecule has 21 heavy (non-hydrogen) atoms. The number of rotatable bonds is 3. The second-order valence-electron chi connectivity index (χ2n) is 4.20. The van der Waals surface area contributed by atoms with E-state index in [-0.39, 0.29) is 5.91 Å². The number of para-hydroxylation sites is 1. The first-order valence-corrected chi connectivity index (χ1v) is 6.53. The van der Waals surface area contributed by atoms with Crippen molar-refractivity contribution < 1.29 is 14.3 Å². The summed E-state index contributed by atoms with van der Waals surface area (Å²) in [7, 11) is 0. The van der Waals surface area contributed by atoms with E-state index in [0.29, 0.717) is 22.1 Å². The van der Waals surface area contributed by atoms with Gasteiger partial charge in [-0.05, 0) is 30.3 Å². The van der Waals surface area contributed by atoms with Gasteiger partial charge in [0.25, 0.3) is 0 Å². The number of ether oxygens (including phenoxy) is 1. The highest BCUT2D eigenvalue weighted by atomic mass is 35.5. The zero-order valence-electron chi connectivity index (χ0n) is 11.2. The third-order valence-electron chi connectivity index (χ3n) is 2.48. The van der Waals surface area contributed by atoms with Gasteiger partial charge < -0.3 is 10.1 Å². The minimum absolute atomic E-state index is 0.221. The van der Waals surface area contributed by atoms with Gasteiger partial charge in [0, 0.05) is 12.6 Å². The van der Waals surface area contributed by atoms with E-state index in [0.717, 1.165) is 0 Å². The smallest absolute Gasteiger partial charge is 0.410 e. The SMILES string of the molecule is CC(=O)Nc1ccc(NC(=O)Oc2ccccc2)cc1Cl. The van der Waals surface area contributed by atoms with Crippen molar-refractivity contribution in [3.63, 3.8) is 0 Å². The number of hydrogen-bond acceptors (Lipinski definition) is 3. The largest absolute Gasteiger partial charge is 0.417 e. The third kappa shape index (κ3) is 4.50. The van der Waals surface area contributed by atoms with Gasteiger partial charge >= 0.3 is 6.09 Å². The number of carbonyl (C=O) groups is 2. The Bertz CT molecular complexity index is 659. The lowest BCUT2D eigenvalue weighted by molar-refractivity contribution is -0.114. The Kier molecular flexibility index (Phi) is 4.79. The van der Waals surface area contributed by atoms with Gasteiger partial charge in [0.1, 0.15) is 5.75 Å². The van der Waals surface area contributed by atoms with Crippen LogP contribution in [0.25, 0.3) is 0 Å². The Morgan fingerprint density at radius 1 is 1.05 bits per heavy atom. The summed E-state index contributed by atoms with van der Waals surface area (Å²) < 4.78 is 5.09. The zero-order chi connectivity index (χ0) is 15.2. The molecule has 0 aliphatic rings. The van der Waals surface area contributed by atoms with E-state index in [1.807, 2.05) is 6.07 Å². The van der Waals surface area contributed by atoms with Crippen molar-refractivity contribution in [2.24, 2.45) is 0 Å². The average Bonchev–Trinajstić information content (AvgIpc) is 2.42. The van der Waals surface area contributed by atoms with Crippen molar-refractivity contribution in [3.8, 4) is 5.75 Å². The van der Waals surface area contributed by atoms with Crippen LogP contribution in [-0.2, 0) is 4.79 Å². The first kappa shape index (κ1) is 14.9. The maximum absolute atomic E-state index is 11.7. The molecule has 0 heterocycles. The topological polar surface area (TPSA) is 67.4 Å². The van der Waals surface area contributed by atoms with Gasteiger partial charge in [-0.25, -0.2) is 4.79 Å². The maximum atomic E-state index is 11.7. The van der Waals surface area contributed by atoms with Gasteiger partial charge in [-0.15, -0.1) is 0 Å². The summed E-state index contributed by atoms with van der Waals surface area (Å²) in [6.45, 7) is 1.39. The molecule has 0 fully saturated rings. The van der Waals surface area contributed by atoms with Crippen LogP contribution in [0.2, 0.25) is 5.02 Å². The molecule has 0 saturated carbocycles. The van der Waals surface area contributed by atoms with Crippen LogP contribution in [0.5, 0.6) is 5.75 Å². The minimum atomic E-state index is -0.621. The van der Waals surface area contributed by atoms with E-state index in [1.165, 1.54) is 13.0 Å². The molecule has 0 bridgehead atoms. The summed E-state index contributed by atoms with van der Waals surface area (Å²) in [6, 6.07) is 13.4. The van der Waals surface area contributed by atoms with E-state index in [2.05, 4.69) is 10.6 Å². The van der Waals surface area contributed by atoms with Crippen molar-refractivity contribution in [3.05, 3.63) is 53.6 Å². The Morgan fingerprint density at radius 3 is 2.38 bits per heavy atom. The number of benzene rings is 2. The average molecular weight is 305 g/mol. The molecule has 6 heteroatoms. The fourth-order valence-electron chi connectivity index (χ4n) is 1.62. The number of halogens is 1. The summed E-state index contributed by atoms with van der Waals surface area (Å²) in [5.41, 5.74) is 0.946. The van der Waals surface area contributed by atoms with Crippen LogP contribution in [0.15, 0.2) is 48.5 Å². The summed E-state index contributed by atoms with van der Waals surface area (Å²) in [6.07, 6.45) is -0.621. The lowest BCUT2D eigenvalue weighted by Gasteiger charge is -2.09. The molecule has 0 unspecified atom stereocenters. The van der Waals surface area contributed by atoms with Crippen LogP contribution in [0.3, 0.4) is 0 Å². The van der Waals surface area contributed by atoms with Crippen molar-refractivity contribution in [1.82, 2.24) is 0 Å². The molecule has 108 valence electrons. The molecule has 0 spiro atoms. The number of amides is 2. The van der Waals surface area contributed by atoms with Crippen LogP contribution >= 0.6 is 11.6 Å². The molecular formula is C15H13ClN2O3. The van der Waals surface area contributed by atoms with Gasteiger partial charge in [-0.2, -0.15) is 0 Å². The van der Waals surface area contributed by atoms with Crippen molar-refractivity contribution in [1.29, 1.82) is 0 Å². The Morgan fingerprint density at radius 2 is 1.76 bits per heavy atom. The molecule has 0 aliphatic heterocycles. The Labute approximate surface area is 126 Å². The zero-order valence-corrected chi connectivity index (χ0v) is 12.0. The van der Waals surface area contributed by atoms with Crippen LogP contribution < -0.4 is 15.4 Å². The molecule has 2 amide bonds. The van der Waals surface area contributed by atoms with Crippen molar-refractivity contribution in [2.45, 2.75) is 6.92 Å². The predicted octanol–water partition coefficient (Wildman–Crippen LogP) is 3.91. The molecule has 0 saturated heterocycles. The molecule has 0 aromatic heterocycles.